The van der Waals surface area contributed by atoms with Crippen LogP contribution in [0.4, 0.5) is 0 Å². The van der Waals surface area contributed by atoms with Gasteiger partial charge in [0.1, 0.15) is 0 Å². The van der Waals surface area contributed by atoms with Gasteiger partial charge in [0.25, 0.3) is 0 Å². The average Bonchev–Trinajstić information content (AvgIpc) is 1.88. The molecule has 2 radical (unpaired) electrons. The Hall–Kier alpha value is 0.766. The lowest BCUT2D eigenvalue weighted by atomic mass is 10.4. The maximum absolute atomic E-state index is 2.18. The van der Waals surface area contributed by atoms with Crippen LogP contribution in [0.3, 0.4) is 0 Å². The fraction of sp³-hybridized carbons (Fsp3) is 1.00. The molecule has 0 spiro atoms. The second-order valence-corrected chi connectivity index (χ2v) is 2.00. The molecule has 0 bridgehead atoms. The minimum absolute atomic E-state index is 0. The first-order valence-electron chi connectivity index (χ1n) is 3.83. The standard InChI is InChI=1S/2C4H10.Mg/c2*1-3-4-2;/h2*3-4H2,1-2H3;. The summed E-state index contributed by atoms with van der Waals surface area (Å²) in [6, 6.07) is 0. The summed E-state index contributed by atoms with van der Waals surface area (Å²) < 4.78 is 0. The van der Waals surface area contributed by atoms with Crippen molar-refractivity contribution in [3.05, 3.63) is 0 Å². The Morgan fingerprint density at radius 2 is 0.667 bits per heavy atom. The van der Waals surface area contributed by atoms with Gasteiger partial charge in [-0.15, -0.1) is 0 Å². The van der Waals surface area contributed by atoms with Gasteiger partial charge in [-0.1, -0.05) is 53.4 Å². The highest BCUT2D eigenvalue weighted by atomic mass is 24.3. The Morgan fingerprint density at radius 1 is 0.556 bits per heavy atom. The molecule has 0 saturated heterocycles. The van der Waals surface area contributed by atoms with E-state index in [0.29, 0.717) is 0 Å². The molecule has 1 heteroatoms. The highest BCUT2D eigenvalue weighted by Crippen LogP contribution is 1.77. The molecule has 0 aromatic rings. The second-order valence-electron chi connectivity index (χ2n) is 2.00. The van der Waals surface area contributed by atoms with Crippen molar-refractivity contribution in [2.45, 2.75) is 53.4 Å². The smallest absolute Gasteiger partial charge is 0 e. The van der Waals surface area contributed by atoms with E-state index in [0.717, 1.165) is 0 Å². The Morgan fingerprint density at radius 3 is 0.667 bits per heavy atom. The number of unbranched alkanes of at least 4 members (excludes halogenated alkanes) is 2. The Labute approximate surface area is 76.6 Å². The molecule has 0 rings (SSSR count). The van der Waals surface area contributed by atoms with Crippen molar-refractivity contribution in [2.75, 3.05) is 0 Å². The summed E-state index contributed by atoms with van der Waals surface area (Å²) in [4.78, 5) is 0. The van der Waals surface area contributed by atoms with Crippen LogP contribution in [0.5, 0.6) is 0 Å². The van der Waals surface area contributed by atoms with Crippen molar-refractivity contribution < 1.29 is 0 Å². The van der Waals surface area contributed by atoms with Crippen molar-refractivity contribution in [2.24, 2.45) is 0 Å². The zero-order chi connectivity index (χ0) is 6.83. The van der Waals surface area contributed by atoms with Gasteiger partial charge >= 0.3 is 0 Å². The molecule has 9 heavy (non-hydrogen) atoms. The molecule has 0 heterocycles. The van der Waals surface area contributed by atoms with E-state index in [1.54, 1.807) is 0 Å². The summed E-state index contributed by atoms with van der Waals surface area (Å²) in [5.74, 6) is 0. The van der Waals surface area contributed by atoms with Crippen LogP contribution < -0.4 is 0 Å². The lowest BCUT2D eigenvalue weighted by Crippen LogP contribution is -1.47. The van der Waals surface area contributed by atoms with E-state index < -0.39 is 0 Å². The molecular formula is C8H20Mg. The molecule has 0 unspecified atom stereocenters. The van der Waals surface area contributed by atoms with E-state index in [1.807, 2.05) is 0 Å². The monoisotopic (exact) mass is 140 g/mol. The lowest BCUT2D eigenvalue weighted by molar-refractivity contribution is 0.886. The van der Waals surface area contributed by atoms with Crippen LogP contribution in [-0.4, -0.2) is 23.1 Å². The van der Waals surface area contributed by atoms with Gasteiger partial charge in [-0.3, -0.25) is 0 Å². The van der Waals surface area contributed by atoms with Crippen LogP contribution in [-0.2, 0) is 0 Å². The van der Waals surface area contributed by atoms with Crippen LogP contribution in [0.25, 0.3) is 0 Å². The van der Waals surface area contributed by atoms with Gasteiger partial charge in [-0.05, 0) is 0 Å². The first-order valence-corrected chi connectivity index (χ1v) is 3.83. The highest BCUT2D eigenvalue weighted by Gasteiger charge is 1.56. The molecule has 0 atom stereocenters. The first kappa shape index (κ1) is 16.4. The third-order valence-corrected chi connectivity index (χ3v) is 1.000. The normalized spacial score (nSPS) is 6.67. The maximum atomic E-state index is 2.18. The van der Waals surface area contributed by atoms with Crippen LogP contribution in [0.2, 0.25) is 0 Å². The molecule has 0 aliphatic carbocycles. The van der Waals surface area contributed by atoms with Crippen LogP contribution in [0.15, 0.2) is 0 Å². The maximum Gasteiger partial charge on any atom is 0 e. The number of hydrogen-bond donors (Lipinski definition) is 0. The molecule has 0 saturated carbocycles. The van der Waals surface area contributed by atoms with Crippen molar-refractivity contribution in [1.29, 1.82) is 0 Å². The zero-order valence-corrected chi connectivity index (χ0v) is 8.95. The number of hydrogen-bond acceptors (Lipinski definition) is 0. The molecule has 0 amide bonds. The third-order valence-electron chi connectivity index (χ3n) is 1.000. The van der Waals surface area contributed by atoms with Crippen LogP contribution >= 0.6 is 0 Å². The van der Waals surface area contributed by atoms with Gasteiger partial charge < -0.3 is 0 Å². The van der Waals surface area contributed by atoms with Crippen molar-refractivity contribution in [1.82, 2.24) is 0 Å². The van der Waals surface area contributed by atoms with E-state index >= 15 is 0 Å². The van der Waals surface area contributed by atoms with E-state index in [-0.39, 0.29) is 23.1 Å². The van der Waals surface area contributed by atoms with Gasteiger partial charge in [0.15, 0.2) is 0 Å². The van der Waals surface area contributed by atoms with E-state index in [4.69, 9.17) is 0 Å². The molecule has 0 aromatic carbocycles. The summed E-state index contributed by atoms with van der Waals surface area (Å²) in [5, 5.41) is 0. The molecule has 54 valence electrons. The topological polar surface area (TPSA) is 0 Å². The minimum Gasteiger partial charge on any atom is -0.0654 e. The fourth-order valence-electron chi connectivity index (χ4n) is 0. The summed E-state index contributed by atoms with van der Waals surface area (Å²) in [6.07, 6.45) is 5.28. The lowest BCUT2D eigenvalue weighted by Gasteiger charge is -1.68. The van der Waals surface area contributed by atoms with Gasteiger partial charge in [-0.25, -0.2) is 0 Å². The summed E-state index contributed by atoms with van der Waals surface area (Å²) in [5.41, 5.74) is 0. The van der Waals surface area contributed by atoms with E-state index in [1.165, 1.54) is 25.7 Å². The van der Waals surface area contributed by atoms with Crippen LogP contribution in [0, 0.1) is 0 Å². The molecule has 0 aliphatic rings. The zero-order valence-electron chi connectivity index (χ0n) is 7.54. The largest absolute Gasteiger partial charge is 0.0654 e. The first-order chi connectivity index (χ1) is 3.83. The summed E-state index contributed by atoms with van der Waals surface area (Å²) >= 11 is 0. The van der Waals surface area contributed by atoms with Gasteiger partial charge in [-0.2, -0.15) is 0 Å². The highest BCUT2D eigenvalue weighted by molar-refractivity contribution is 5.75. The van der Waals surface area contributed by atoms with Gasteiger partial charge in [0.05, 0.1) is 0 Å². The molecule has 0 aliphatic heterocycles. The predicted octanol–water partition coefficient (Wildman–Crippen LogP) is 3.23. The van der Waals surface area contributed by atoms with Gasteiger partial charge in [0, 0.05) is 23.1 Å². The Bertz CT molecular complexity index is 12.5. The Kier molecular flexibility index (Phi) is 42.4. The molecular weight excluding hydrogens is 120 g/mol. The predicted molar refractivity (Wildman–Crippen MR) is 46.9 cm³/mol. The SMILES string of the molecule is CCCC.CCCC.[Mg]. The quantitative estimate of drug-likeness (QED) is 0.517. The van der Waals surface area contributed by atoms with E-state index in [9.17, 15) is 0 Å². The third kappa shape index (κ3) is 52.4. The van der Waals surface area contributed by atoms with Gasteiger partial charge in [0.2, 0.25) is 0 Å². The van der Waals surface area contributed by atoms with Crippen LogP contribution in [0.1, 0.15) is 53.4 Å². The second kappa shape index (κ2) is 23.3. The van der Waals surface area contributed by atoms with Crippen molar-refractivity contribution in [3.63, 3.8) is 0 Å². The molecule has 0 N–H and O–H groups in total. The van der Waals surface area contributed by atoms with Crippen molar-refractivity contribution in [3.8, 4) is 0 Å². The number of rotatable bonds is 2. The summed E-state index contributed by atoms with van der Waals surface area (Å²) in [7, 11) is 0. The average molecular weight is 141 g/mol. The molecule has 0 nitrogen and oxygen atoms in total. The molecule has 0 fully saturated rings. The fourth-order valence-corrected chi connectivity index (χ4v) is 0. The minimum atomic E-state index is 0. The molecule has 0 aromatic heterocycles. The summed E-state index contributed by atoms with van der Waals surface area (Å²) in [6.45, 7) is 8.72. The van der Waals surface area contributed by atoms with Crippen molar-refractivity contribution >= 4 is 23.1 Å². The van der Waals surface area contributed by atoms with E-state index in [2.05, 4.69) is 27.7 Å². The Balaban J connectivity index is -0.0000000720.